The highest BCUT2D eigenvalue weighted by molar-refractivity contribution is 6.40. The normalized spacial score (nSPS) is 9.67. The van der Waals surface area contributed by atoms with Crippen LogP contribution in [0.1, 0.15) is 0 Å². The van der Waals surface area contributed by atoms with Crippen LogP contribution in [0.15, 0.2) is 4.42 Å². The van der Waals surface area contributed by atoms with Crippen LogP contribution in [-0.2, 0) is 0 Å². The van der Waals surface area contributed by atoms with E-state index in [2.05, 4.69) is 10.3 Å². The van der Waals surface area contributed by atoms with Gasteiger partial charge in [-0.15, -0.1) is 0 Å². The smallest absolute Gasteiger partial charge is 0.297 e. The van der Waals surface area contributed by atoms with Crippen LogP contribution in [0, 0.1) is 0 Å². The third-order valence-electron chi connectivity index (χ3n) is 0.762. The van der Waals surface area contributed by atoms with E-state index in [1.165, 1.54) is 0 Å². The van der Waals surface area contributed by atoms with Crippen LogP contribution >= 0.6 is 23.2 Å². The lowest BCUT2D eigenvalue weighted by Gasteiger charge is -1.84. The van der Waals surface area contributed by atoms with Crippen LogP contribution in [0.25, 0.3) is 0 Å². The van der Waals surface area contributed by atoms with Crippen LogP contribution in [0.3, 0.4) is 0 Å². The topological polar surface area (TPSA) is 38.1 Å². The number of nitrogens with zero attached hydrogens (tertiary/aromatic N) is 1. The van der Waals surface area contributed by atoms with Gasteiger partial charge >= 0.3 is 0 Å². The fourth-order valence-corrected chi connectivity index (χ4v) is 0.621. The zero-order chi connectivity index (χ0) is 6.85. The number of hydrogen-bond acceptors (Lipinski definition) is 3. The second kappa shape index (κ2) is 2.45. The van der Waals surface area contributed by atoms with Gasteiger partial charge in [-0.1, -0.05) is 11.6 Å². The van der Waals surface area contributed by atoms with Gasteiger partial charge in [0.05, 0.1) is 0 Å². The van der Waals surface area contributed by atoms with Crippen molar-refractivity contribution in [3.8, 4) is 0 Å². The van der Waals surface area contributed by atoms with Crippen molar-refractivity contribution in [3.05, 3.63) is 10.4 Å². The molecule has 1 heterocycles. The lowest BCUT2D eigenvalue weighted by molar-refractivity contribution is 0.577. The van der Waals surface area contributed by atoms with Crippen molar-refractivity contribution in [2.75, 3.05) is 12.4 Å². The number of nitrogens with one attached hydrogen (secondary N) is 1. The van der Waals surface area contributed by atoms with Crippen molar-refractivity contribution in [2.24, 2.45) is 0 Å². The minimum Gasteiger partial charge on any atom is -0.410 e. The van der Waals surface area contributed by atoms with E-state index < -0.39 is 0 Å². The molecule has 1 aromatic rings. The van der Waals surface area contributed by atoms with Crippen molar-refractivity contribution in [1.82, 2.24) is 4.98 Å². The molecule has 0 aliphatic heterocycles. The molecule has 9 heavy (non-hydrogen) atoms. The zero-order valence-corrected chi connectivity index (χ0v) is 6.12. The van der Waals surface area contributed by atoms with Gasteiger partial charge in [0.2, 0.25) is 5.22 Å². The molecule has 0 fully saturated rings. The molecular formula is C4H4Cl2N2O. The Morgan fingerprint density at radius 2 is 2.22 bits per heavy atom. The number of hydrogen-bond donors (Lipinski definition) is 1. The molecule has 0 aliphatic carbocycles. The fourth-order valence-electron chi connectivity index (χ4n) is 0.390. The van der Waals surface area contributed by atoms with E-state index in [-0.39, 0.29) is 10.4 Å². The van der Waals surface area contributed by atoms with Gasteiger partial charge in [0, 0.05) is 7.05 Å². The van der Waals surface area contributed by atoms with Crippen LogP contribution in [0.5, 0.6) is 0 Å². The zero-order valence-electron chi connectivity index (χ0n) is 4.61. The third kappa shape index (κ3) is 1.28. The highest BCUT2D eigenvalue weighted by Gasteiger charge is 2.05. The van der Waals surface area contributed by atoms with E-state index in [0.29, 0.717) is 6.01 Å². The number of aromatic nitrogens is 1. The molecule has 0 amide bonds. The molecule has 0 bridgehead atoms. The van der Waals surface area contributed by atoms with E-state index in [0.717, 1.165) is 0 Å². The SMILES string of the molecule is CNc1nc(Cl)c(Cl)o1. The van der Waals surface area contributed by atoms with Crippen LogP contribution in [-0.4, -0.2) is 12.0 Å². The maximum atomic E-state index is 5.43. The molecule has 3 nitrogen and oxygen atoms in total. The first kappa shape index (κ1) is 6.71. The molecule has 1 N–H and O–H groups in total. The first-order valence-corrected chi connectivity index (χ1v) is 2.99. The summed E-state index contributed by atoms with van der Waals surface area (Å²) in [5.41, 5.74) is 0. The molecule has 0 radical (unpaired) electrons. The molecule has 1 aromatic heterocycles. The van der Waals surface area contributed by atoms with E-state index in [1.807, 2.05) is 0 Å². The lowest BCUT2D eigenvalue weighted by Crippen LogP contribution is -1.85. The first-order chi connectivity index (χ1) is 4.24. The van der Waals surface area contributed by atoms with Crippen molar-refractivity contribution >= 4 is 29.2 Å². The Labute approximate surface area is 62.0 Å². The number of halogens is 2. The fraction of sp³-hybridized carbons (Fsp3) is 0.250. The highest BCUT2D eigenvalue weighted by Crippen LogP contribution is 2.23. The van der Waals surface area contributed by atoms with Crippen LogP contribution in [0.4, 0.5) is 6.01 Å². The molecule has 0 atom stereocenters. The summed E-state index contributed by atoms with van der Waals surface area (Å²) < 4.78 is 4.77. The summed E-state index contributed by atoms with van der Waals surface area (Å²) in [6, 6.07) is 0.324. The Kier molecular flexibility index (Phi) is 1.83. The molecule has 0 aliphatic rings. The minimum absolute atomic E-state index is 0.112. The molecule has 50 valence electrons. The monoisotopic (exact) mass is 166 g/mol. The standard InChI is InChI=1S/C4H4Cl2N2O/c1-7-4-8-2(5)3(6)9-4/h1H3,(H,7,8). The van der Waals surface area contributed by atoms with Gasteiger partial charge in [-0.2, -0.15) is 4.98 Å². The Morgan fingerprint density at radius 3 is 2.44 bits per heavy atom. The molecule has 0 unspecified atom stereocenters. The molecule has 0 aromatic carbocycles. The quantitative estimate of drug-likeness (QED) is 0.695. The summed E-state index contributed by atoms with van der Waals surface area (Å²) in [6.45, 7) is 0. The Morgan fingerprint density at radius 1 is 1.56 bits per heavy atom. The second-order valence-electron chi connectivity index (χ2n) is 1.33. The van der Waals surface area contributed by atoms with Crippen molar-refractivity contribution in [2.45, 2.75) is 0 Å². The first-order valence-electron chi connectivity index (χ1n) is 2.23. The maximum absolute atomic E-state index is 5.43. The molecule has 1 rings (SSSR count). The van der Waals surface area contributed by atoms with E-state index >= 15 is 0 Å². The number of anilines is 1. The summed E-state index contributed by atoms with van der Waals surface area (Å²) in [7, 11) is 1.67. The van der Waals surface area contributed by atoms with E-state index in [9.17, 15) is 0 Å². The Balaban J connectivity index is 2.98. The van der Waals surface area contributed by atoms with Crippen LogP contribution < -0.4 is 5.32 Å². The third-order valence-corrected chi connectivity index (χ3v) is 1.37. The van der Waals surface area contributed by atoms with Gasteiger partial charge in [-0.25, -0.2) is 0 Å². The largest absolute Gasteiger partial charge is 0.410 e. The van der Waals surface area contributed by atoms with E-state index in [4.69, 9.17) is 27.6 Å². The van der Waals surface area contributed by atoms with Gasteiger partial charge in [-0.3, -0.25) is 0 Å². The Hall–Kier alpha value is -0.410. The van der Waals surface area contributed by atoms with Crippen molar-refractivity contribution < 1.29 is 4.42 Å². The summed E-state index contributed by atoms with van der Waals surface area (Å²) in [5, 5.41) is 2.94. The molecule has 0 spiro atoms. The molecule has 5 heteroatoms. The van der Waals surface area contributed by atoms with Gasteiger partial charge in [-0.05, 0) is 11.6 Å². The molecule has 0 saturated carbocycles. The average molecular weight is 167 g/mol. The summed E-state index contributed by atoms with van der Waals surface area (Å²) >= 11 is 10.8. The number of rotatable bonds is 1. The van der Waals surface area contributed by atoms with Gasteiger partial charge < -0.3 is 9.73 Å². The van der Waals surface area contributed by atoms with Crippen molar-refractivity contribution in [3.63, 3.8) is 0 Å². The van der Waals surface area contributed by atoms with E-state index in [1.54, 1.807) is 7.05 Å². The molecular weight excluding hydrogens is 163 g/mol. The Bertz CT molecular complexity index is 191. The summed E-state index contributed by atoms with van der Waals surface area (Å²) in [4.78, 5) is 3.68. The van der Waals surface area contributed by atoms with Gasteiger partial charge in [0.1, 0.15) is 0 Å². The maximum Gasteiger partial charge on any atom is 0.297 e. The molecule has 0 saturated heterocycles. The second-order valence-corrected chi connectivity index (χ2v) is 2.03. The van der Waals surface area contributed by atoms with Crippen LogP contribution in [0.2, 0.25) is 10.4 Å². The lowest BCUT2D eigenvalue weighted by atomic mass is 11.0. The average Bonchev–Trinajstić information content (AvgIpc) is 2.13. The predicted octanol–water partition coefficient (Wildman–Crippen LogP) is 2.02. The minimum atomic E-state index is 0.112. The summed E-state index contributed by atoms with van der Waals surface area (Å²) in [5.74, 6) is 0. The van der Waals surface area contributed by atoms with Crippen molar-refractivity contribution in [1.29, 1.82) is 0 Å². The highest BCUT2D eigenvalue weighted by atomic mass is 35.5. The summed E-state index contributed by atoms with van der Waals surface area (Å²) in [6.07, 6.45) is 0. The predicted molar refractivity (Wildman–Crippen MR) is 36.1 cm³/mol. The van der Waals surface area contributed by atoms with Gasteiger partial charge in [0.15, 0.2) is 5.15 Å². The van der Waals surface area contributed by atoms with Gasteiger partial charge in [0.25, 0.3) is 6.01 Å². The number of oxazole rings is 1.